The molecule has 0 bridgehead atoms. The van der Waals surface area contributed by atoms with E-state index in [-0.39, 0.29) is 11.6 Å². The molecule has 1 aromatic carbocycles. The summed E-state index contributed by atoms with van der Waals surface area (Å²) in [5.74, 6) is -0.0757. The van der Waals surface area contributed by atoms with Crippen LogP contribution in [0.1, 0.15) is 17.3 Å². The van der Waals surface area contributed by atoms with Crippen LogP contribution in [-0.4, -0.2) is 35.5 Å². The van der Waals surface area contributed by atoms with Crippen LogP contribution in [0.25, 0.3) is 33.4 Å². The van der Waals surface area contributed by atoms with E-state index in [1.165, 1.54) is 30.2 Å². The average Bonchev–Trinajstić information content (AvgIpc) is 3.33. The van der Waals surface area contributed by atoms with Gasteiger partial charge < -0.3 is 25.8 Å². The summed E-state index contributed by atoms with van der Waals surface area (Å²) in [4.78, 5) is 34.0. The van der Waals surface area contributed by atoms with E-state index in [0.29, 0.717) is 44.6 Å². The number of anilines is 2. The Hall–Kier alpha value is -3.57. The molecule has 0 aliphatic rings. The zero-order chi connectivity index (χ0) is 22.3. The lowest BCUT2D eigenvalue weighted by Crippen LogP contribution is -2.01. The molecule has 4 aromatic rings. The molecule has 0 aliphatic carbocycles. The molecule has 0 spiro atoms. The first-order chi connectivity index (χ1) is 14.6. The maximum absolute atomic E-state index is 11.9. The lowest BCUT2D eigenvalue weighted by atomic mass is 10.00. The summed E-state index contributed by atoms with van der Waals surface area (Å²) in [5, 5.41) is 8.28. The van der Waals surface area contributed by atoms with E-state index in [4.69, 9.17) is 25.8 Å². The van der Waals surface area contributed by atoms with Crippen LogP contribution in [-0.2, 0) is 15.8 Å². The lowest BCUT2D eigenvalue weighted by molar-refractivity contribution is 0.101. The van der Waals surface area contributed by atoms with E-state index >= 15 is 0 Å². The maximum Gasteiger partial charge on any atom is 0.471 e. The molecule has 12 nitrogen and oxygen atoms in total. The fourth-order valence-corrected chi connectivity index (χ4v) is 3.38. The van der Waals surface area contributed by atoms with Crippen molar-refractivity contribution in [2.45, 2.75) is 13.7 Å². The summed E-state index contributed by atoms with van der Waals surface area (Å²) >= 11 is 0. The minimum atomic E-state index is -4.64. The third kappa shape index (κ3) is 4.05. The Morgan fingerprint density at radius 2 is 2.03 bits per heavy atom. The predicted molar refractivity (Wildman–Crippen MR) is 110 cm³/mol. The molecule has 0 unspecified atom stereocenters. The summed E-state index contributed by atoms with van der Waals surface area (Å²) in [6.07, 6.45) is 4.48. The van der Waals surface area contributed by atoms with Gasteiger partial charge in [0.25, 0.3) is 0 Å². The van der Waals surface area contributed by atoms with Gasteiger partial charge in [-0.1, -0.05) is 11.2 Å². The summed E-state index contributed by atoms with van der Waals surface area (Å²) < 4.78 is 21.9. The Balaban J connectivity index is 1.79. The molecule has 0 fully saturated rings. The number of carbonyl (C=O) groups excluding carboxylic acids is 1. The van der Waals surface area contributed by atoms with Crippen molar-refractivity contribution in [1.82, 2.24) is 19.9 Å². The van der Waals surface area contributed by atoms with Crippen molar-refractivity contribution >= 4 is 36.1 Å². The van der Waals surface area contributed by atoms with Gasteiger partial charge in [0.1, 0.15) is 0 Å². The molecule has 0 saturated carbocycles. The van der Waals surface area contributed by atoms with Gasteiger partial charge in [-0.25, -0.2) is 9.25 Å². The van der Waals surface area contributed by atoms with Crippen LogP contribution in [0.2, 0.25) is 0 Å². The van der Waals surface area contributed by atoms with E-state index in [2.05, 4.69) is 19.8 Å². The number of Topliss-reactive ketones (excluding diaryl/α,β-unsaturated/α-hetero) is 1. The minimum absolute atomic E-state index is 0.109. The monoisotopic (exact) mass is 444 g/mol. The molecular weight excluding hydrogens is 427 g/mol. The number of pyridine rings is 1. The van der Waals surface area contributed by atoms with Gasteiger partial charge in [-0.05, 0) is 19.1 Å². The van der Waals surface area contributed by atoms with Crippen LogP contribution in [0.3, 0.4) is 0 Å². The third-order valence-corrected chi connectivity index (χ3v) is 4.98. The third-order valence-electron chi connectivity index (χ3n) is 4.53. The predicted octanol–water partition coefficient (Wildman–Crippen LogP) is 2.19. The summed E-state index contributed by atoms with van der Waals surface area (Å²) in [5.41, 5.74) is 15.1. The van der Waals surface area contributed by atoms with Gasteiger partial charge in [0.05, 0.1) is 17.3 Å². The molecular formula is C18H17N6O6P. The number of ketones is 1. The van der Waals surface area contributed by atoms with E-state index in [1.807, 2.05) is 0 Å². The number of nitrogen functional groups attached to an aromatic ring is 2. The van der Waals surface area contributed by atoms with Crippen molar-refractivity contribution in [1.29, 1.82) is 0 Å². The standard InChI is InChI=1S/C18H17N6O6P/c1-9(25)12-4-10(2-3-14(12)19)16-15-17(30-23-18(15)20)13(6-21-16)11-5-22-24(7-11)8-29-31(26,27)28/h2-7H,8,19H2,1H3,(H2,20,23)(H2,26,27,28). The van der Waals surface area contributed by atoms with Gasteiger partial charge in [-0.3, -0.25) is 14.3 Å². The number of hydrogen-bond acceptors (Lipinski definition) is 9. The highest BCUT2D eigenvalue weighted by Gasteiger charge is 2.21. The molecule has 13 heteroatoms. The second-order valence-electron chi connectivity index (χ2n) is 6.67. The molecule has 0 amide bonds. The number of rotatable bonds is 6. The van der Waals surface area contributed by atoms with Crippen molar-refractivity contribution in [2.24, 2.45) is 0 Å². The number of hydrogen-bond donors (Lipinski definition) is 4. The van der Waals surface area contributed by atoms with Crippen LogP contribution >= 0.6 is 7.82 Å². The van der Waals surface area contributed by atoms with Crippen LogP contribution in [0.4, 0.5) is 11.5 Å². The molecule has 6 N–H and O–H groups in total. The van der Waals surface area contributed by atoms with Crippen LogP contribution in [0, 0.1) is 0 Å². The Labute approximate surface area is 174 Å². The van der Waals surface area contributed by atoms with E-state index in [0.717, 1.165) is 0 Å². The first-order valence-electron chi connectivity index (χ1n) is 8.81. The molecule has 3 heterocycles. The largest absolute Gasteiger partial charge is 0.471 e. The Kier molecular flexibility index (Phi) is 5.07. The highest BCUT2D eigenvalue weighted by atomic mass is 31.2. The summed E-state index contributed by atoms with van der Waals surface area (Å²) in [7, 11) is -4.64. The Bertz CT molecular complexity index is 1360. The van der Waals surface area contributed by atoms with E-state index in [9.17, 15) is 9.36 Å². The molecule has 160 valence electrons. The highest BCUT2D eigenvalue weighted by molar-refractivity contribution is 7.46. The normalized spacial score (nSPS) is 11.8. The molecule has 0 radical (unpaired) electrons. The van der Waals surface area contributed by atoms with Gasteiger partial charge >= 0.3 is 7.82 Å². The first kappa shape index (κ1) is 20.7. The van der Waals surface area contributed by atoms with Crippen molar-refractivity contribution in [3.63, 3.8) is 0 Å². The highest BCUT2D eigenvalue weighted by Crippen LogP contribution is 2.38. The summed E-state index contributed by atoms with van der Waals surface area (Å²) in [6.45, 7) is 0.972. The zero-order valence-electron chi connectivity index (χ0n) is 16.1. The van der Waals surface area contributed by atoms with Crippen molar-refractivity contribution < 1.29 is 28.2 Å². The quantitative estimate of drug-likeness (QED) is 0.193. The number of nitrogens with two attached hydrogens (primary N) is 2. The van der Waals surface area contributed by atoms with Gasteiger partial charge in [0.2, 0.25) is 0 Å². The number of carbonyl (C=O) groups is 1. The topological polar surface area (TPSA) is 193 Å². The van der Waals surface area contributed by atoms with Crippen LogP contribution in [0.15, 0.2) is 41.3 Å². The van der Waals surface area contributed by atoms with E-state index in [1.54, 1.807) is 18.2 Å². The van der Waals surface area contributed by atoms with Crippen LogP contribution < -0.4 is 11.5 Å². The number of fused-ring (bicyclic) bond motifs is 1. The first-order valence-corrected chi connectivity index (χ1v) is 10.3. The summed E-state index contributed by atoms with van der Waals surface area (Å²) in [6, 6.07) is 4.96. The maximum atomic E-state index is 11.9. The second-order valence-corrected chi connectivity index (χ2v) is 7.91. The molecule has 0 aliphatic heterocycles. The van der Waals surface area contributed by atoms with Gasteiger partial charge in [0, 0.05) is 40.3 Å². The lowest BCUT2D eigenvalue weighted by Gasteiger charge is -2.08. The molecule has 4 rings (SSSR count). The van der Waals surface area contributed by atoms with Crippen LogP contribution in [0.5, 0.6) is 0 Å². The van der Waals surface area contributed by atoms with Crippen molar-refractivity contribution in [3.8, 4) is 22.4 Å². The number of phosphoric ester groups is 1. The Morgan fingerprint density at radius 1 is 1.26 bits per heavy atom. The minimum Gasteiger partial charge on any atom is -0.398 e. The van der Waals surface area contributed by atoms with Gasteiger partial charge in [0.15, 0.2) is 23.9 Å². The average molecular weight is 444 g/mol. The zero-order valence-corrected chi connectivity index (χ0v) is 17.0. The molecule has 0 saturated heterocycles. The Morgan fingerprint density at radius 3 is 2.74 bits per heavy atom. The molecule has 0 atom stereocenters. The van der Waals surface area contributed by atoms with Gasteiger partial charge in [-0.2, -0.15) is 5.10 Å². The number of nitrogens with zero attached hydrogens (tertiary/aromatic N) is 4. The van der Waals surface area contributed by atoms with Crippen molar-refractivity contribution in [2.75, 3.05) is 11.5 Å². The second kappa shape index (κ2) is 7.60. The number of aromatic nitrogens is 4. The van der Waals surface area contributed by atoms with Crippen molar-refractivity contribution in [3.05, 3.63) is 42.4 Å². The molecule has 31 heavy (non-hydrogen) atoms. The fraction of sp³-hybridized carbons (Fsp3) is 0.111. The van der Waals surface area contributed by atoms with E-state index < -0.39 is 14.6 Å². The molecule has 3 aromatic heterocycles. The fourth-order valence-electron chi connectivity index (χ4n) is 3.11. The van der Waals surface area contributed by atoms with Gasteiger partial charge in [-0.15, -0.1) is 0 Å². The number of benzene rings is 1. The number of phosphoric acid groups is 1. The SMILES string of the molecule is CC(=O)c1cc(-c2ncc(-c3cnn(COP(=O)(O)O)c3)c3onc(N)c23)ccc1N. The smallest absolute Gasteiger partial charge is 0.398 e.